The Morgan fingerprint density at radius 2 is 2.15 bits per heavy atom. The Morgan fingerprint density at radius 3 is 2.65 bits per heavy atom. The molecule has 2 rings (SSSR count). The molecule has 0 aromatic heterocycles. The van der Waals surface area contributed by atoms with Gasteiger partial charge in [-0.2, -0.15) is 0 Å². The van der Waals surface area contributed by atoms with Gasteiger partial charge in [0, 0.05) is 18.2 Å². The molecule has 1 saturated carbocycles. The highest BCUT2D eigenvalue weighted by Crippen LogP contribution is 2.28. The molecule has 1 aliphatic carbocycles. The number of hydrogen-bond donors (Lipinski definition) is 2. The molecule has 20 heavy (non-hydrogen) atoms. The van der Waals surface area contributed by atoms with E-state index in [1.165, 1.54) is 0 Å². The van der Waals surface area contributed by atoms with Gasteiger partial charge in [-0.1, -0.05) is 0 Å². The standard InChI is InChI=1S/C12H14FN3O3.ClH/c13-8-2-3-10(16(18)19)9(6-8)11(17)15-7-12(14)4-1-5-12;/h2-3,6H,1,4-5,7,14H2,(H,15,17);1H. The molecule has 6 nitrogen and oxygen atoms in total. The molecule has 8 heteroatoms. The lowest BCUT2D eigenvalue weighted by molar-refractivity contribution is -0.385. The lowest BCUT2D eigenvalue weighted by atomic mass is 9.78. The number of carbonyl (C=O) groups is 1. The quantitative estimate of drug-likeness (QED) is 0.654. The largest absolute Gasteiger partial charge is 0.350 e. The number of amides is 1. The fourth-order valence-electron chi connectivity index (χ4n) is 2.01. The van der Waals surface area contributed by atoms with Crippen LogP contribution in [0.4, 0.5) is 10.1 Å². The number of halogens is 2. The van der Waals surface area contributed by atoms with Crippen LogP contribution in [0, 0.1) is 15.9 Å². The van der Waals surface area contributed by atoms with E-state index in [0.717, 1.165) is 37.5 Å². The van der Waals surface area contributed by atoms with Crippen molar-refractivity contribution in [3.05, 3.63) is 39.7 Å². The fourth-order valence-corrected chi connectivity index (χ4v) is 2.01. The minimum Gasteiger partial charge on any atom is -0.350 e. The fraction of sp³-hybridized carbons (Fsp3) is 0.417. The SMILES string of the molecule is Cl.NC1(CNC(=O)c2cc(F)ccc2[N+](=O)[O-])CCC1. The first-order chi connectivity index (χ1) is 8.91. The summed E-state index contributed by atoms with van der Waals surface area (Å²) in [6.07, 6.45) is 2.61. The van der Waals surface area contributed by atoms with Gasteiger partial charge >= 0.3 is 0 Å². The lowest BCUT2D eigenvalue weighted by Gasteiger charge is -2.38. The molecule has 1 amide bonds. The predicted molar refractivity (Wildman–Crippen MR) is 73.4 cm³/mol. The molecule has 0 radical (unpaired) electrons. The number of nitro benzene ring substituents is 1. The molecule has 1 aromatic carbocycles. The molecule has 0 saturated heterocycles. The molecule has 110 valence electrons. The highest BCUT2D eigenvalue weighted by molar-refractivity contribution is 5.98. The summed E-state index contributed by atoms with van der Waals surface area (Å²) in [7, 11) is 0. The summed E-state index contributed by atoms with van der Waals surface area (Å²) in [5, 5.41) is 13.3. The van der Waals surface area contributed by atoms with Crippen molar-refractivity contribution in [2.24, 2.45) is 5.73 Å². The minimum atomic E-state index is -0.712. The summed E-state index contributed by atoms with van der Waals surface area (Å²) in [6.45, 7) is 0.236. The van der Waals surface area contributed by atoms with E-state index in [9.17, 15) is 19.3 Å². The Morgan fingerprint density at radius 1 is 1.50 bits per heavy atom. The van der Waals surface area contributed by atoms with Crippen LogP contribution in [0.5, 0.6) is 0 Å². The topological polar surface area (TPSA) is 98.3 Å². The second-order valence-corrected chi connectivity index (χ2v) is 4.82. The van der Waals surface area contributed by atoms with Gasteiger partial charge in [0.1, 0.15) is 11.4 Å². The molecule has 1 fully saturated rings. The minimum absolute atomic E-state index is 0. The van der Waals surface area contributed by atoms with Crippen molar-refractivity contribution in [1.29, 1.82) is 0 Å². The van der Waals surface area contributed by atoms with E-state index in [1.54, 1.807) is 0 Å². The molecule has 0 spiro atoms. The number of carbonyl (C=O) groups excluding carboxylic acids is 1. The summed E-state index contributed by atoms with van der Waals surface area (Å²) < 4.78 is 13.1. The van der Waals surface area contributed by atoms with Crippen molar-refractivity contribution < 1.29 is 14.1 Å². The number of nitrogens with two attached hydrogens (primary N) is 1. The van der Waals surface area contributed by atoms with E-state index in [-0.39, 0.29) is 24.5 Å². The van der Waals surface area contributed by atoms with E-state index in [4.69, 9.17) is 5.73 Å². The predicted octanol–water partition coefficient (Wildman–Crippen LogP) is 1.77. The maximum Gasteiger partial charge on any atom is 0.282 e. The first-order valence-electron chi connectivity index (χ1n) is 5.92. The Labute approximate surface area is 121 Å². The normalized spacial score (nSPS) is 15.7. The lowest BCUT2D eigenvalue weighted by Crippen LogP contribution is -2.54. The van der Waals surface area contributed by atoms with Crippen molar-refractivity contribution in [3.63, 3.8) is 0 Å². The van der Waals surface area contributed by atoms with Gasteiger partial charge in [0.15, 0.2) is 0 Å². The maximum atomic E-state index is 13.1. The summed E-state index contributed by atoms with van der Waals surface area (Å²) in [4.78, 5) is 21.9. The van der Waals surface area contributed by atoms with Crippen molar-refractivity contribution >= 4 is 24.0 Å². The Balaban J connectivity index is 0.00000200. The molecule has 3 N–H and O–H groups in total. The monoisotopic (exact) mass is 303 g/mol. The number of nitro groups is 1. The molecule has 1 aliphatic rings. The van der Waals surface area contributed by atoms with Crippen LogP contribution in [-0.2, 0) is 0 Å². The summed E-state index contributed by atoms with van der Waals surface area (Å²) in [5.41, 5.74) is 4.80. The van der Waals surface area contributed by atoms with Gasteiger partial charge < -0.3 is 11.1 Å². The van der Waals surface area contributed by atoms with Crippen LogP contribution >= 0.6 is 12.4 Å². The third-order valence-corrected chi connectivity index (χ3v) is 3.35. The zero-order valence-electron chi connectivity index (χ0n) is 10.6. The molecule has 0 unspecified atom stereocenters. The molecule has 0 heterocycles. The van der Waals surface area contributed by atoms with Crippen molar-refractivity contribution in [2.75, 3.05) is 6.54 Å². The average Bonchev–Trinajstić information content (AvgIpc) is 2.33. The maximum absolute atomic E-state index is 13.1. The molecule has 0 aliphatic heterocycles. The first kappa shape index (κ1) is 16.3. The van der Waals surface area contributed by atoms with Gasteiger partial charge in [0.25, 0.3) is 11.6 Å². The van der Waals surface area contributed by atoms with Crippen LogP contribution in [0.15, 0.2) is 18.2 Å². The number of nitrogens with zero attached hydrogens (tertiary/aromatic N) is 1. The third kappa shape index (κ3) is 3.43. The second-order valence-electron chi connectivity index (χ2n) is 4.82. The third-order valence-electron chi connectivity index (χ3n) is 3.35. The Bertz CT molecular complexity index is 535. The van der Waals surface area contributed by atoms with Gasteiger partial charge in [-0.15, -0.1) is 12.4 Å². The van der Waals surface area contributed by atoms with Gasteiger partial charge in [0.2, 0.25) is 0 Å². The van der Waals surface area contributed by atoms with E-state index < -0.39 is 27.9 Å². The Hall–Kier alpha value is -1.73. The van der Waals surface area contributed by atoms with Crippen LogP contribution in [0.1, 0.15) is 29.6 Å². The van der Waals surface area contributed by atoms with Crippen LogP contribution in [-0.4, -0.2) is 22.9 Å². The highest BCUT2D eigenvalue weighted by Gasteiger charge is 2.33. The van der Waals surface area contributed by atoms with E-state index in [1.807, 2.05) is 0 Å². The zero-order chi connectivity index (χ0) is 14.0. The van der Waals surface area contributed by atoms with Crippen LogP contribution in [0.2, 0.25) is 0 Å². The molecule has 0 bridgehead atoms. The van der Waals surface area contributed by atoms with Gasteiger partial charge in [0.05, 0.1) is 4.92 Å². The average molecular weight is 304 g/mol. The van der Waals surface area contributed by atoms with Crippen LogP contribution in [0.25, 0.3) is 0 Å². The molecular formula is C12H15ClFN3O3. The smallest absolute Gasteiger partial charge is 0.282 e. The zero-order valence-corrected chi connectivity index (χ0v) is 11.4. The molecular weight excluding hydrogens is 289 g/mol. The summed E-state index contributed by atoms with van der Waals surface area (Å²) in [6, 6.07) is 2.79. The van der Waals surface area contributed by atoms with Gasteiger partial charge in [-0.3, -0.25) is 14.9 Å². The van der Waals surface area contributed by atoms with Crippen LogP contribution < -0.4 is 11.1 Å². The van der Waals surface area contributed by atoms with E-state index in [2.05, 4.69) is 5.32 Å². The van der Waals surface area contributed by atoms with E-state index in [0.29, 0.717) is 0 Å². The van der Waals surface area contributed by atoms with Gasteiger partial charge in [-0.25, -0.2) is 4.39 Å². The second kappa shape index (κ2) is 6.15. The van der Waals surface area contributed by atoms with Crippen molar-refractivity contribution in [2.45, 2.75) is 24.8 Å². The highest BCUT2D eigenvalue weighted by atomic mass is 35.5. The summed E-state index contributed by atoms with van der Waals surface area (Å²) in [5.74, 6) is -1.37. The van der Waals surface area contributed by atoms with Gasteiger partial charge in [-0.05, 0) is 31.4 Å². The number of benzene rings is 1. The first-order valence-corrected chi connectivity index (χ1v) is 5.92. The number of hydrogen-bond acceptors (Lipinski definition) is 4. The van der Waals surface area contributed by atoms with Crippen molar-refractivity contribution in [3.8, 4) is 0 Å². The summed E-state index contributed by atoms with van der Waals surface area (Å²) >= 11 is 0. The van der Waals surface area contributed by atoms with E-state index >= 15 is 0 Å². The molecule has 0 atom stereocenters. The van der Waals surface area contributed by atoms with Crippen molar-refractivity contribution in [1.82, 2.24) is 5.32 Å². The molecule has 1 aromatic rings. The van der Waals surface area contributed by atoms with Crippen LogP contribution in [0.3, 0.4) is 0 Å². The number of nitrogens with one attached hydrogen (secondary N) is 1. The Kier molecular flexibility index (Phi) is 5.02. The number of rotatable bonds is 4.